The third-order valence-corrected chi connectivity index (χ3v) is 5.14. The quantitative estimate of drug-likeness (QED) is 0.759. The predicted octanol–water partition coefficient (Wildman–Crippen LogP) is 1.46. The van der Waals surface area contributed by atoms with Crippen molar-refractivity contribution in [2.75, 3.05) is 25.7 Å². The van der Waals surface area contributed by atoms with E-state index in [9.17, 15) is 8.42 Å². The molecule has 0 radical (unpaired) electrons. The second kappa shape index (κ2) is 7.87. The summed E-state index contributed by atoms with van der Waals surface area (Å²) in [6.45, 7) is 2.22. The molecule has 0 bridgehead atoms. The average Bonchev–Trinajstić information content (AvgIpc) is 2.44. The van der Waals surface area contributed by atoms with Crippen LogP contribution >= 0.6 is 11.8 Å². The van der Waals surface area contributed by atoms with E-state index in [0.29, 0.717) is 12.1 Å². The molecule has 1 rings (SSSR count). The summed E-state index contributed by atoms with van der Waals surface area (Å²) >= 11 is 1.68. The highest BCUT2D eigenvalue weighted by atomic mass is 32.2. The molecule has 0 spiro atoms. The van der Waals surface area contributed by atoms with Crippen molar-refractivity contribution in [1.29, 1.82) is 0 Å². The van der Waals surface area contributed by atoms with E-state index in [2.05, 4.69) is 4.72 Å². The number of benzene rings is 1. The maximum Gasteiger partial charge on any atom is 0.244 e. The predicted molar refractivity (Wildman–Crippen MR) is 81.7 cm³/mol. The average molecular weight is 319 g/mol. The zero-order valence-electron chi connectivity index (χ0n) is 11.9. The first-order valence-corrected chi connectivity index (χ1v) is 9.08. The van der Waals surface area contributed by atoms with Crippen molar-refractivity contribution >= 4 is 21.8 Å². The Morgan fingerprint density at radius 2 is 2.15 bits per heavy atom. The highest BCUT2D eigenvalue weighted by molar-refractivity contribution is 7.98. The number of rotatable bonds is 8. The lowest BCUT2D eigenvalue weighted by Crippen LogP contribution is -2.29. The molecule has 2 N–H and O–H groups in total. The summed E-state index contributed by atoms with van der Waals surface area (Å²) in [5, 5.41) is 9.06. The summed E-state index contributed by atoms with van der Waals surface area (Å²) in [4.78, 5) is 0.0913. The molecule has 0 aliphatic heterocycles. The van der Waals surface area contributed by atoms with Gasteiger partial charge in [0.15, 0.2) is 0 Å². The van der Waals surface area contributed by atoms with Crippen LogP contribution < -0.4 is 9.46 Å². The van der Waals surface area contributed by atoms with E-state index in [0.717, 1.165) is 5.75 Å². The first-order chi connectivity index (χ1) is 9.44. The number of methoxy groups -OCH3 is 1. The molecular weight excluding hydrogens is 298 g/mol. The fourth-order valence-corrected chi connectivity index (χ4v) is 3.71. The second-order valence-electron chi connectivity index (χ2n) is 4.56. The molecule has 0 fully saturated rings. The van der Waals surface area contributed by atoms with Crippen LogP contribution in [0.5, 0.6) is 5.75 Å². The SMILES string of the molecule is COc1cc(CO)ccc1S(=O)(=O)NCC(C)CSC. The number of nitrogens with one attached hydrogen (secondary N) is 1. The number of ether oxygens (including phenoxy) is 1. The molecule has 20 heavy (non-hydrogen) atoms. The lowest BCUT2D eigenvalue weighted by Gasteiger charge is -2.14. The summed E-state index contributed by atoms with van der Waals surface area (Å²) in [6, 6.07) is 4.55. The van der Waals surface area contributed by atoms with E-state index >= 15 is 0 Å². The summed E-state index contributed by atoms with van der Waals surface area (Å²) in [7, 11) is -2.20. The lowest BCUT2D eigenvalue weighted by atomic mass is 10.2. The van der Waals surface area contributed by atoms with E-state index in [1.165, 1.54) is 19.2 Å². The summed E-state index contributed by atoms with van der Waals surface area (Å²) in [5.74, 6) is 1.38. The fraction of sp³-hybridized carbons (Fsp3) is 0.538. The molecule has 0 amide bonds. The van der Waals surface area contributed by atoms with Crippen LogP contribution in [0.15, 0.2) is 23.1 Å². The molecule has 0 aromatic heterocycles. The van der Waals surface area contributed by atoms with Gasteiger partial charge in [-0.15, -0.1) is 0 Å². The Morgan fingerprint density at radius 1 is 1.45 bits per heavy atom. The lowest BCUT2D eigenvalue weighted by molar-refractivity contribution is 0.280. The van der Waals surface area contributed by atoms with Gasteiger partial charge in [-0.2, -0.15) is 11.8 Å². The van der Waals surface area contributed by atoms with Crippen molar-refractivity contribution in [2.45, 2.75) is 18.4 Å². The van der Waals surface area contributed by atoms with Gasteiger partial charge in [0.25, 0.3) is 0 Å². The van der Waals surface area contributed by atoms with Crippen molar-refractivity contribution in [2.24, 2.45) is 5.92 Å². The standard InChI is InChI=1S/C13H21NO4S2/c1-10(9-19-3)7-14-20(16,17)13-5-4-11(8-15)6-12(13)18-2/h4-6,10,14-15H,7-9H2,1-3H3. The summed E-state index contributed by atoms with van der Waals surface area (Å²) in [5.41, 5.74) is 0.608. The largest absolute Gasteiger partial charge is 0.495 e. The topological polar surface area (TPSA) is 75.6 Å². The Hall–Kier alpha value is -0.760. The molecule has 1 atom stereocenters. The van der Waals surface area contributed by atoms with Crippen LogP contribution in [0.25, 0.3) is 0 Å². The molecule has 114 valence electrons. The number of thioether (sulfide) groups is 1. The van der Waals surface area contributed by atoms with Crippen LogP contribution in [0.1, 0.15) is 12.5 Å². The molecule has 0 aliphatic rings. The first kappa shape index (κ1) is 17.3. The smallest absolute Gasteiger partial charge is 0.244 e. The van der Waals surface area contributed by atoms with Gasteiger partial charge < -0.3 is 9.84 Å². The van der Waals surface area contributed by atoms with Gasteiger partial charge in [-0.1, -0.05) is 13.0 Å². The summed E-state index contributed by atoms with van der Waals surface area (Å²) < 4.78 is 32.2. The molecule has 0 heterocycles. The molecular formula is C13H21NO4S2. The zero-order valence-corrected chi connectivity index (χ0v) is 13.6. The second-order valence-corrected chi connectivity index (χ2v) is 7.20. The van der Waals surface area contributed by atoms with Crippen LogP contribution in [0, 0.1) is 5.92 Å². The van der Waals surface area contributed by atoms with E-state index in [1.54, 1.807) is 17.8 Å². The van der Waals surface area contributed by atoms with Crippen LogP contribution in [0.4, 0.5) is 0 Å². The van der Waals surface area contributed by atoms with Gasteiger partial charge in [0, 0.05) is 6.54 Å². The highest BCUT2D eigenvalue weighted by Gasteiger charge is 2.20. The molecule has 5 nitrogen and oxygen atoms in total. The molecule has 0 saturated heterocycles. The first-order valence-electron chi connectivity index (χ1n) is 6.21. The Morgan fingerprint density at radius 3 is 2.70 bits per heavy atom. The highest BCUT2D eigenvalue weighted by Crippen LogP contribution is 2.25. The van der Waals surface area contributed by atoms with Gasteiger partial charge in [-0.3, -0.25) is 0 Å². The molecule has 1 aromatic rings. The van der Waals surface area contributed by atoms with Crippen molar-refractivity contribution < 1.29 is 18.3 Å². The van der Waals surface area contributed by atoms with Gasteiger partial charge in [-0.25, -0.2) is 13.1 Å². The van der Waals surface area contributed by atoms with Crippen molar-refractivity contribution in [3.63, 3.8) is 0 Å². The number of hydrogen-bond donors (Lipinski definition) is 2. The van der Waals surface area contributed by atoms with Crippen LogP contribution in [-0.4, -0.2) is 39.2 Å². The number of sulfonamides is 1. The number of aliphatic hydroxyl groups excluding tert-OH is 1. The minimum absolute atomic E-state index is 0.0913. The third-order valence-electron chi connectivity index (χ3n) is 2.77. The normalized spacial score (nSPS) is 13.2. The van der Waals surface area contributed by atoms with Gasteiger partial charge in [-0.05, 0) is 35.6 Å². The van der Waals surface area contributed by atoms with E-state index in [-0.39, 0.29) is 23.2 Å². The molecule has 0 saturated carbocycles. The maximum atomic E-state index is 12.3. The van der Waals surface area contributed by atoms with E-state index < -0.39 is 10.0 Å². The van der Waals surface area contributed by atoms with Crippen LogP contribution in [-0.2, 0) is 16.6 Å². The Labute approximate surface area is 124 Å². The van der Waals surface area contributed by atoms with Gasteiger partial charge in [0.2, 0.25) is 10.0 Å². The zero-order chi connectivity index (χ0) is 15.2. The van der Waals surface area contributed by atoms with Crippen LogP contribution in [0.2, 0.25) is 0 Å². The summed E-state index contributed by atoms with van der Waals surface area (Å²) in [6.07, 6.45) is 1.99. The van der Waals surface area contributed by atoms with Crippen molar-refractivity contribution in [1.82, 2.24) is 4.72 Å². The van der Waals surface area contributed by atoms with Crippen molar-refractivity contribution in [3.8, 4) is 5.75 Å². The monoisotopic (exact) mass is 319 g/mol. The van der Waals surface area contributed by atoms with E-state index in [4.69, 9.17) is 9.84 Å². The Balaban J connectivity index is 2.92. The third kappa shape index (κ3) is 4.66. The Bertz CT molecular complexity index is 531. The molecule has 7 heteroatoms. The Kier molecular flexibility index (Phi) is 6.81. The van der Waals surface area contributed by atoms with Crippen LogP contribution in [0.3, 0.4) is 0 Å². The fourth-order valence-electron chi connectivity index (χ4n) is 1.71. The van der Waals surface area contributed by atoms with Crippen molar-refractivity contribution in [3.05, 3.63) is 23.8 Å². The number of aliphatic hydroxyl groups is 1. The van der Waals surface area contributed by atoms with Gasteiger partial charge in [0.05, 0.1) is 13.7 Å². The molecule has 1 unspecified atom stereocenters. The molecule has 0 aliphatic carbocycles. The number of hydrogen-bond acceptors (Lipinski definition) is 5. The minimum atomic E-state index is -3.61. The van der Waals surface area contributed by atoms with E-state index in [1.807, 2.05) is 13.2 Å². The molecule has 1 aromatic carbocycles. The van der Waals surface area contributed by atoms with Gasteiger partial charge >= 0.3 is 0 Å². The maximum absolute atomic E-state index is 12.3. The van der Waals surface area contributed by atoms with Gasteiger partial charge in [0.1, 0.15) is 10.6 Å². The minimum Gasteiger partial charge on any atom is -0.495 e.